The van der Waals surface area contributed by atoms with Gasteiger partial charge in [0.05, 0.1) is 11.9 Å². The number of nitrogens with zero attached hydrogens (tertiary/aromatic N) is 1. The van der Waals surface area contributed by atoms with E-state index in [1.165, 1.54) is 11.8 Å². The molecule has 138 valence electrons. The standard InChI is InChI=1S/C20H24N2O3S/c1-26-13-19(24)22-10-9-15(18(23)12-22)11-21-20(25)17-8-4-6-14-5-2-3-7-16(14)17/h2-8,15,18,23H,9-13H2,1H3,(H,21,25)/t15-,18+/m0/s1. The second-order valence-corrected chi connectivity index (χ2v) is 7.49. The molecule has 0 aromatic heterocycles. The van der Waals surface area contributed by atoms with Gasteiger partial charge in [0.25, 0.3) is 5.91 Å². The van der Waals surface area contributed by atoms with Gasteiger partial charge in [0.1, 0.15) is 0 Å². The van der Waals surface area contributed by atoms with Gasteiger partial charge in [-0.2, -0.15) is 11.8 Å². The lowest BCUT2D eigenvalue weighted by Crippen LogP contribution is -2.50. The summed E-state index contributed by atoms with van der Waals surface area (Å²) in [6, 6.07) is 13.5. The molecule has 1 saturated heterocycles. The lowest BCUT2D eigenvalue weighted by Gasteiger charge is -2.36. The van der Waals surface area contributed by atoms with E-state index in [2.05, 4.69) is 5.32 Å². The second-order valence-electron chi connectivity index (χ2n) is 6.63. The molecule has 2 N–H and O–H groups in total. The van der Waals surface area contributed by atoms with E-state index in [4.69, 9.17) is 0 Å². The van der Waals surface area contributed by atoms with Crippen molar-refractivity contribution in [2.45, 2.75) is 12.5 Å². The summed E-state index contributed by atoms with van der Waals surface area (Å²) in [6.45, 7) is 1.38. The first-order valence-electron chi connectivity index (χ1n) is 8.81. The maximum Gasteiger partial charge on any atom is 0.251 e. The first-order chi connectivity index (χ1) is 12.6. The molecule has 2 aromatic carbocycles. The SMILES string of the molecule is CSCC(=O)N1CC[C@@H](CNC(=O)c2cccc3ccccc23)[C@H](O)C1. The van der Waals surface area contributed by atoms with Crippen LogP contribution in [0.3, 0.4) is 0 Å². The number of β-amino-alcohol motifs (C(OH)–C–C–N with tert-alkyl or cyclic N) is 1. The minimum Gasteiger partial charge on any atom is -0.391 e. The molecule has 1 fully saturated rings. The number of hydrogen-bond donors (Lipinski definition) is 2. The van der Waals surface area contributed by atoms with Crippen molar-refractivity contribution < 1.29 is 14.7 Å². The molecule has 1 aliphatic heterocycles. The molecule has 26 heavy (non-hydrogen) atoms. The molecule has 0 saturated carbocycles. The van der Waals surface area contributed by atoms with E-state index in [1.807, 2.05) is 48.7 Å². The van der Waals surface area contributed by atoms with E-state index in [1.54, 1.807) is 4.90 Å². The number of rotatable bonds is 5. The van der Waals surface area contributed by atoms with Gasteiger partial charge in [-0.25, -0.2) is 0 Å². The van der Waals surface area contributed by atoms with Gasteiger partial charge in [-0.15, -0.1) is 0 Å². The number of nitrogens with one attached hydrogen (secondary N) is 1. The van der Waals surface area contributed by atoms with Crippen molar-refractivity contribution in [2.24, 2.45) is 5.92 Å². The molecule has 0 unspecified atom stereocenters. The summed E-state index contributed by atoms with van der Waals surface area (Å²) >= 11 is 1.49. The Labute approximate surface area is 157 Å². The minimum absolute atomic E-state index is 0.0349. The molecular weight excluding hydrogens is 348 g/mol. The smallest absolute Gasteiger partial charge is 0.251 e. The van der Waals surface area contributed by atoms with Crippen molar-refractivity contribution in [3.8, 4) is 0 Å². The highest BCUT2D eigenvalue weighted by Crippen LogP contribution is 2.20. The van der Waals surface area contributed by atoms with Crippen LogP contribution in [0.4, 0.5) is 0 Å². The fraction of sp³-hybridized carbons (Fsp3) is 0.400. The average molecular weight is 372 g/mol. The van der Waals surface area contributed by atoms with Gasteiger partial charge in [-0.1, -0.05) is 36.4 Å². The van der Waals surface area contributed by atoms with E-state index < -0.39 is 6.10 Å². The van der Waals surface area contributed by atoms with E-state index in [0.29, 0.717) is 37.4 Å². The van der Waals surface area contributed by atoms with Crippen LogP contribution < -0.4 is 5.32 Å². The molecule has 2 atom stereocenters. The maximum absolute atomic E-state index is 12.6. The Balaban J connectivity index is 1.59. The van der Waals surface area contributed by atoms with E-state index in [0.717, 1.165) is 10.8 Å². The molecule has 1 aliphatic rings. The predicted molar refractivity (Wildman–Crippen MR) is 105 cm³/mol. The van der Waals surface area contributed by atoms with Crippen LogP contribution in [0.15, 0.2) is 42.5 Å². The summed E-state index contributed by atoms with van der Waals surface area (Å²) in [4.78, 5) is 26.3. The molecule has 0 radical (unpaired) electrons. The van der Waals surface area contributed by atoms with E-state index >= 15 is 0 Å². The van der Waals surface area contributed by atoms with Gasteiger partial charge in [-0.05, 0) is 29.5 Å². The van der Waals surface area contributed by atoms with Crippen LogP contribution in [0.2, 0.25) is 0 Å². The van der Waals surface area contributed by atoms with Gasteiger partial charge < -0.3 is 15.3 Å². The Morgan fingerprint density at radius 2 is 2.00 bits per heavy atom. The first-order valence-corrected chi connectivity index (χ1v) is 10.2. The lowest BCUT2D eigenvalue weighted by molar-refractivity contribution is -0.132. The quantitative estimate of drug-likeness (QED) is 0.844. The van der Waals surface area contributed by atoms with E-state index in [-0.39, 0.29) is 17.7 Å². The third-order valence-corrected chi connectivity index (χ3v) is 5.44. The fourth-order valence-corrected chi connectivity index (χ4v) is 3.83. The van der Waals surface area contributed by atoms with Gasteiger partial charge in [0.2, 0.25) is 5.91 Å². The van der Waals surface area contributed by atoms with Crippen molar-refractivity contribution >= 4 is 34.3 Å². The Hall–Kier alpha value is -2.05. The second kappa shape index (κ2) is 8.56. The van der Waals surface area contributed by atoms with Crippen LogP contribution in [0.1, 0.15) is 16.8 Å². The summed E-state index contributed by atoms with van der Waals surface area (Å²) in [6.07, 6.45) is 1.98. The van der Waals surface area contributed by atoms with Crippen LogP contribution in [-0.4, -0.2) is 59.6 Å². The van der Waals surface area contributed by atoms with Gasteiger partial charge >= 0.3 is 0 Å². The predicted octanol–water partition coefficient (Wildman–Crippen LogP) is 2.14. The van der Waals surface area contributed by atoms with Gasteiger partial charge in [0.15, 0.2) is 0 Å². The Kier molecular flexibility index (Phi) is 6.16. The molecule has 2 amide bonds. The van der Waals surface area contributed by atoms with Crippen LogP contribution in [0.5, 0.6) is 0 Å². The third-order valence-electron chi connectivity index (χ3n) is 4.90. The lowest BCUT2D eigenvalue weighted by atomic mass is 9.93. The highest BCUT2D eigenvalue weighted by atomic mass is 32.2. The minimum atomic E-state index is -0.609. The number of carbonyl (C=O) groups is 2. The number of hydrogen-bond acceptors (Lipinski definition) is 4. The van der Waals surface area contributed by atoms with Crippen LogP contribution in [-0.2, 0) is 4.79 Å². The number of benzene rings is 2. The molecule has 3 rings (SSSR count). The third kappa shape index (κ3) is 4.19. The average Bonchev–Trinajstić information content (AvgIpc) is 2.66. The summed E-state index contributed by atoms with van der Waals surface area (Å²) in [7, 11) is 0. The molecule has 2 aromatic rings. The largest absolute Gasteiger partial charge is 0.391 e. The number of amides is 2. The van der Waals surface area contributed by atoms with Crippen molar-refractivity contribution in [3.05, 3.63) is 48.0 Å². The Bertz CT molecular complexity index is 790. The van der Waals surface area contributed by atoms with Gasteiger partial charge in [-0.3, -0.25) is 9.59 Å². The molecule has 0 spiro atoms. The fourth-order valence-electron chi connectivity index (χ4n) is 3.40. The van der Waals surface area contributed by atoms with Crippen molar-refractivity contribution in [2.75, 3.05) is 31.6 Å². The van der Waals surface area contributed by atoms with Crippen LogP contribution in [0, 0.1) is 5.92 Å². The first kappa shape index (κ1) is 18.7. The molecule has 6 heteroatoms. The number of aliphatic hydroxyl groups is 1. The van der Waals surface area contributed by atoms with Gasteiger partial charge in [0, 0.05) is 31.1 Å². The number of aliphatic hydroxyl groups excluding tert-OH is 1. The molecular formula is C20H24N2O3S. The van der Waals surface area contributed by atoms with Crippen molar-refractivity contribution in [1.29, 1.82) is 0 Å². The molecule has 5 nitrogen and oxygen atoms in total. The van der Waals surface area contributed by atoms with Crippen LogP contribution >= 0.6 is 11.8 Å². The normalized spacial score (nSPS) is 20.2. The zero-order valence-electron chi connectivity index (χ0n) is 14.9. The number of piperidine rings is 1. The van der Waals surface area contributed by atoms with Crippen molar-refractivity contribution in [3.63, 3.8) is 0 Å². The van der Waals surface area contributed by atoms with E-state index in [9.17, 15) is 14.7 Å². The highest BCUT2D eigenvalue weighted by Gasteiger charge is 2.30. The monoisotopic (exact) mass is 372 g/mol. The topological polar surface area (TPSA) is 69.6 Å². The maximum atomic E-state index is 12.6. The zero-order valence-corrected chi connectivity index (χ0v) is 15.7. The highest BCUT2D eigenvalue weighted by molar-refractivity contribution is 7.99. The summed E-state index contributed by atoms with van der Waals surface area (Å²) in [5, 5.41) is 15.3. The zero-order chi connectivity index (χ0) is 18.5. The van der Waals surface area contributed by atoms with Crippen molar-refractivity contribution in [1.82, 2.24) is 10.2 Å². The summed E-state index contributed by atoms with van der Waals surface area (Å²) < 4.78 is 0. The van der Waals surface area contributed by atoms with Crippen LogP contribution in [0.25, 0.3) is 10.8 Å². The number of carbonyl (C=O) groups excluding carboxylic acids is 2. The number of likely N-dealkylation sites (tertiary alicyclic amines) is 1. The molecule has 0 bridgehead atoms. The Morgan fingerprint density at radius 3 is 2.77 bits per heavy atom. The number of fused-ring (bicyclic) bond motifs is 1. The molecule has 0 aliphatic carbocycles. The summed E-state index contributed by atoms with van der Waals surface area (Å²) in [5.74, 6) is 0.340. The molecule has 1 heterocycles. The Morgan fingerprint density at radius 1 is 1.23 bits per heavy atom. The summed E-state index contributed by atoms with van der Waals surface area (Å²) in [5.41, 5.74) is 0.644. The number of thioether (sulfide) groups is 1.